The Balaban J connectivity index is 2.05. The zero-order chi connectivity index (χ0) is 13.3. The van der Waals surface area contributed by atoms with Crippen molar-refractivity contribution in [3.05, 3.63) is 23.8 Å². The first-order valence-electron chi connectivity index (χ1n) is 5.86. The summed E-state index contributed by atoms with van der Waals surface area (Å²) in [7, 11) is 3.21. The van der Waals surface area contributed by atoms with Gasteiger partial charge in [0, 0.05) is 13.6 Å². The Morgan fingerprint density at radius 1 is 1.56 bits per heavy atom. The van der Waals surface area contributed by atoms with Gasteiger partial charge < -0.3 is 20.5 Å². The second-order valence-corrected chi connectivity index (χ2v) is 4.82. The van der Waals surface area contributed by atoms with Crippen molar-refractivity contribution in [2.75, 3.05) is 14.2 Å². The standard InChI is InChI=1S/C13H18N2O3/c1-15(12(17)13(14)5-6-13)8-9-3-4-11(18-2)10(16)7-9/h3-4,7,16H,5-6,8,14H2,1-2H3. The van der Waals surface area contributed by atoms with E-state index in [9.17, 15) is 9.90 Å². The molecule has 1 saturated carbocycles. The Bertz CT molecular complexity index is 469. The van der Waals surface area contributed by atoms with Crippen molar-refractivity contribution < 1.29 is 14.6 Å². The van der Waals surface area contributed by atoms with Gasteiger partial charge in [0.05, 0.1) is 12.6 Å². The van der Waals surface area contributed by atoms with Crippen LogP contribution in [-0.2, 0) is 11.3 Å². The number of carbonyl (C=O) groups excluding carboxylic acids is 1. The summed E-state index contributed by atoms with van der Waals surface area (Å²) in [5.74, 6) is 0.452. The molecule has 1 aliphatic rings. The van der Waals surface area contributed by atoms with Gasteiger partial charge in [0.1, 0.15) is 0 Å². The number of amides is 1. The fourth-order valence-corrected chi connectivity index (χ4v) is 1.91. The maximum absolute atomic E-state index is 12.0. The summed E-state index contributed by atoms with van der Waals surface area (Å²) in [6.07, 6.45) is 1.51. The number of likely N-dealkylation sites (N-methyl/N-ethyl adjacent to an activating group) is 1. The molecule has 0 radical (unpaired) electrons. The molecule has 0 aliphatic heterocycles. The number of rotatable bonds is 4. The number of hydrogen-bond donors (Lipinski definition) is 2. The molecule has 1 aromatic rings. The number of phenolic OH excluding ortho intramolecular Hbond substituents is 1. The van der Waals surface area contributed by atoms with Crippen LogP contribution in [0.1, 0.15) is 18.4 Å². The van der Waals surface area contributed by atoms with Crippen LogP contribution < -0.4 is 10.5 Å². The third kappa shape index (κ3) is 2.41. The lowest BCUT2D eigenvalue weighted by molar-refractivity contribution is -0.132. The summed E-state index contributed by atoms with van der Waals surface area (Å²) >= 11 is 0. The largest absolute Gasteiger partial charge is 0.504 e. The number of nitrogens with two attached hydrogens (primary N) is 1. The van der Waals surface area contributed by atoms with Crippen LogP contribution in [0.2, 0.25) is 0 Å². The van der Waals surface area contributed by atoms with Crippen molar-refractivity contribution in [2.24, 2.45) is 5.73 Å². The zero-order valence-corrected chi connectivity index (χ0v) is 10.6. The lowest BCUT2D eigenvalue weighted by atomic mass is 10.1. The molecule has 1 amide bonds. The number of aromatic hydroxyl groups is 1. The third-order valence-electron chi connectivity index (χ3n) is 3.22. The van der Waals surface area contributed by atoms with E-state index in [4.69, 9.17) is 10.5 Å². The molecule has 0 bridgehead atoms. The van der Waals surface area contributed by atoms with E-state index in [1.54, 1.807) is 24.1 Å². The van der Waals surface area contributed by atoms with Crippen LogP contribution in [0.4, 0.5) is 0 Å². The molecule has 3 N–H and O–H groups in total. The number of hydrogen-bond acceptors (Lipinski definition) is 4. The van der Waals surface area contributed by atoms with Crippen LogP contribution in [-0.4, -0.2) is 35.6 Å². The molecule has 98 valence electrons. The average molecular weight is 250 g/mol. The summed E-state index contributed by atoms with van der Waals surface area (Å²) in [5.41, 5.74) is 6.05. The summed E-state index contributed by atoms with van der Waals surface area (Å²) in [6.45, 7) is 0.426. The average Bonchev–Trinajstić information content (AvgIpc) is 3.08. The van der Waals surface area contributed by atoms with E-state index in [1.165, 1.54) is 7.11 Å². The second-order valence-electron chi connectivity index (χ2n) is 4.82. The predicted octanol–water partition coefficient (Wildman–Crippen LogP) is 0.850. The first-order chi connectivity index (χ1) is 8.46. The van der Waals surface area contributed by atoms with Crippen LogP contribution >= 0.6 is 0 Å². The Hall–Kier alpha value is -1.75. The molecular weight excluding hydrogens is 232 g/mol. The SMILES string of the molecule is COc1ccc(CN(C)C(=O)C2(N)CC2)cc1O. The fraction of sp³-hybridized carbons (Fsp3) is 0.462. The van der Waals surface area contributed by atoms with Gasteiger partial charge in [-0.3, -0.25) is 4.79 Å². The lowest BCUT2D eigenvalue weighted by Gasteiger charge is -2.21. The molecule has 5 nitrogen and oxygen atoms in total. The molecule has 5 heteroatoms. The summed E-state index contributed by atoms with van der Waals surface area (Å²) in [4.78, 5) is 13.5. The minimum Gasteiger partial charge on any atom is -0.504 e. The summed E-state index contributed by atoms with van der Waals surface area (Å²) in [6, 6.07) is 5.09. The van der Waals surface area contributed by atoms with Gasteiger partial charge in [-0.05, 0) is 30.5 Å². The van der Waals surface area contributed by atoms with Crippen LogP contribution in [0.15, 0.2) is 18.2 Å². The van der Waals surface area contributed by atoms with Crippen molar-refractivity contribution in [3.8, 4) is 11.5 Å². The van der Waals surface area contributed by atoms with E-state index in [2.05, 4.69) is 0 Å². The lowest BCUT2D eigenvalue weighted by Crippen LogP contribution is -2.43. The smallest absolute Gasteiger partial charge is 0.242 e. The van der Waals surface area contributed by atoms with Gasteiger partial charge in [0.2, 0.25) is 5.91 Å². The summed E-state index contributed by atoms with van der Waals surface area (Å²) < 4.78 is 4.97. The first-order valence-corrected chi connectivity index (χ1v) is 5.86. The van der Waals surface area contributed by atoms with E-state index >= 15 is 0 Å². The molecule has 0 spiro atoms. The highest BCUT2D eigenvalue weighted by molar-refractivity contribution is 5.88. The maximum Gasteiger partial charge on any atom is 0.242 e. The highest BCUT2D eigenvalue weighted by Gasteiger charge is 2.47. The first kappa shape index (κ1) is 12.7. The number of ether oxygens (including phenoxy) is 1. The Morgan fingerprint density at radius 3 is 2.72 bits per heavy atom. The van der Waals surface area contributed by atoms with E-state index in [0.29, 0.717) is 12.3 Å². The molecule has 2 rings (SSSR count). The van der Waals surface area contributed by atoms with Crippen LogP contribution in [0.25, 0.3) is 0 Å². The third-order valence-corrected chi connectivity index (χ3v) is 3.22. The summed E-state index contributed by atoms with van der Waals surface area (Å²) in [5, 5.41) is 9.66. The van der Waals surface area contributed by atoms with Gasteiger partial charge in [-0.15, -0.1) is 0 Å². The zero-order valence-electron chi connectivity index (χ0n) is 10.6. The number of benzene rings is 1. The minimum atomic E-state index is -0.650. The van der Waals surface area contributed by atoms with Gasteiger partial charge in [0.15, 0.2) is 11.5 Å². The topological polar surface area (TPSA) is 75.8 Å². The van der Waals surface area contributed by atoms with Gasteiger partial charge in [-0.2, -0.15) is 0 Å². The predicted molar refractivity (Wildman–Crippen MR) is 67.3 cm³/mol. The molecule has 1 aromatic carbocycles. The van der Waals surface area contributed by atoms with Gasteiger partial charge in [-0.1, -0.05) is 6.07 Å². The number of carbonyl (C=O) groups is 1. The minimum absolute atomic E-state index is 0.0437. The van der Waals surface area contributed by atoms with E-state index in [1.807, 2.05) is 6.07 Å². The monoisotopic (exact) mass is 250 g/mol. The van der Waals surface area contributed by atoms with E-state index in [-0.39, 0.29) is 11.7 Å². The Labute approximate surface area is 106 Å². The van der Waals surface area contributed by atoms with Crippen LogP contribution in [0.5, 0.6) is 11.5 Å². The van der Waals surface area contributed by atoms with Crippen molar-refractivity contribution in [1.29, 1.82) is 0 Å². The number of methoxy groups -OCH3 is 1. The highest BCUT2D eigenvalue weighted by atomic mass is 16.5. The Morgan fingerprint density at radius 2 is 2.22 bits per heavy atom. The van der Waals surface area contributed by atoms with E-state index in [0.717, 1.165) is 18.4 Å². The molecule has 1 fully saturated rings. The highest BCUT2D eigenvalue weighted by Crippen LogP contribution is 2.34. The molecule has 1 aliphatic carbocycles. The van der Waals surface area contributed by atoms with E-state index < -0.39 is 5.54 Å². The molecule has 0 atom stereocenters. The van der Waals surface area contributed by atoms with Crippen LogP contribution in [0.3, 0.4) is 0 Å². The molecule has 18 heavy (non-hydrogen) atoms. The van der Waals surface area contributed by atoms with Crippen molar-refractivity contribution in [3.63, 3.8) is 0 Å². The molecule has 0 aromatic heterocycles. The number of phenols is 1. The van der Waals surface area contributed by atoms with Crippen LogP contribution in [0, 0.1) is 0 Å². The van der Waals surface area contributed by atoms with Crippen molar-refractivity contribution >= 4 is 5.91 Å². The van der Waals surface area contributed by atoms with Crippen molar-refractivity contribution in [1.82, 2.24) is 4.90 Å². The Kier molecular flexibility index (Phi) is 3.17. The van der Waals surface area contributed by atoms with Gasteiger partial charge >= 0.3 is 0 Å². The maximum atomic E-state index is 12.0. The normalized spacial score (nSPS) is 16.2. The number of nitrogens with zero attached hydrogens (tertiary/aromatic N) is 1. The molecular formula is C13H18N2O3. The molecule has 0 heterocycles. The van der Waals surface area contributed by atoms with Crippen molar-refractivity contribution in [2.45, 2.75) is 24.9 Å². The van der Waals surface area contributed by atoms with Gasteiger partial charge in [-0.25, -0.2) is 0 Å². The van der Waals surface area contributed by atoms with Gasteiger partial charge in [0.25, 0.3) is 0 Å². The molecule has 0 saturated heterocycles. The second kappa shape index (κ2) is 4.49. The quantitative estimate of drug-likeness (QED) is 0.830. The fourth-order valence-electron chi connectivity index (χ4n) is 1.91. The molecule has 0 unspecified atom stereocenters.